The van der Waals surface area contributed by atoms with Crippen molar-refractivity contribution in [2.24, 2.45) is 23.5 Å². The van der Waals surface area contributed by atoms with E-state index in [0.29, 0.717) is 24.3 Å². The lowest BCUT2D eigenvalue weighted by Gasteiger charge is -2.26. The maximum atomic E-state index is 5.83. The SMILES string of the molecule is CC(C)C(CNc1cc(CN)cc(C(C)(C)C)n1)C(C)C. The molecule has 1 aromatic heterocycles. The van der Waals surface area contributed by atoms with Crippen molar-refractivity contribution >= 4 is 5.82 Å². The van der Waals surface area contributed by atoms with Gasteiger partial charge in [-0.25, -0.2) is 4.98 Å². The van der Waals surface area contributed by atoms with Gasteiger partial charge in [0.2, 0.25) is 0 Å². The van der Waals surface area contributed by atoms with E-state index in [0.717, 1.165) is 23.6 Å². The average molecular weight is 291 g/mol. The molecule has 1 heterocycles. The first-order valence-corrected chi connectivity index (χ1v) is 8.10. The van der Waals surface area contributed by atoms with Gasteiger partial charge >= 0.3 is 0 Å². The van der Waals surface area contributed by atoms with Gasteiger partial charge in [-0.3, -0.25) is 0 Å². The van der Waals surface area contributed by atoms with E-state index in [1.54, 1.807) is 0 Å². The third-order valence-corrected chi connectivity index (χ3v) is 4.12. The van der Waals surface area contributed by atoms with E-state index < -0.39 is 0 Å². The van der Waals surface area contributed by atoms with Crippen molar-refractivity contribution in [1.29, 1.82) is 0 Å². The van der Waals surface area contributed by atoms with E-state index in [9.17, 15) is 0 Å². The topological polar surface area (TPSA) is 50.9 Å². The molecule has 0 aromatic carbocycles. The lowest BCUT2D eigenvalue weighted by atomic mass is 9.85. The molecule has 0 bridgehead atoms. The highest BCUT2D eigenvalue weighted by Gasteiger charge is 2.19. The molecule has 3 heteroatoms. The number of nitrogens with one attached hydrogen (secondary N) is 1. The Labute approximate surface area is 130 Å². The molecule has 0 aliphatic rings. The molecule has 21 heavy (non-hydrogen) atoms. The van der Waals surface area contributed by atoms with Gasteiger partial charge in [0.05, 0.1) is 0 Å². The van der Waals surface area contributed by atoms with Crippen LogP contribution in [0.2, 0.25) is 0 Å². The van der Waals surface area contributed by atoms with Crippen LogP contribution >= 0.6 is 0 Å². The van der Waals surface area contributed by atoms with Crippen LogP contribution in [0, 0.1) is 17.8 Å². The molecular weight excluding hydrogens is 258 g/mol. The van der Waals surface area contributed by atoms with Crippen molar-refractivity contribution in [3.63, 3.8) is 0 Å². The molecule has 120 valence electrons. The molecule has 0 saturated carbocycles. The molecule has 0 aliphatic heterocycles. The number of anilines is 1. The van der Waals surface area contributed by atoms with Gasteiger partial charge in [0.15, 0.2) is 0 Å². The summed E-state index contributed by atoms with van der Waals surface area (Å²) in [5.41, 5.74) is 8.10. The number of nitrogens with two attached hydrogens (primary N) is 1. The van der Waals surface area contributed by atoms with Gasteiger partial charge in [-0.05, 0) is 35.4 Å². The Bertz CT molecular complexity index is 436. The van der Waals surface area contributed by atoms with E-state index >= 15 is 0 Å². The number of aromatic nitrogens is 1. The summed E-state index contributed by atoms with van der Waals surface area (Å²) in [6, 6.07) is 4.19. The van der Waals surface area contributed by atoms with Crippen molar-refractivity contribution in [2.75, 3.05) is 11.9 Å². The van der Waals surface area contributed by atoms with Crippen LogP contribution in [-0.2, 0) is 12.0 Å². The Hall–Kier alpha value is -1.09. The smallest absolute Gasteiger partial charge is 0.126 e. The summed E-state index contributed by atoms with van der Waals surface area (Å²) in [4.78, 5) is 4.78. The highest BCUT2D eigenvalue weighted by atomic mass is 15.0. The van der Waals surface area contributed by atoms with Gasteiger partial charge in [0.25, 0.3) is 0 Å². The van der Waals surface area contributed by atoms with Crippen LogP contribution < -0.4 is 11.1 Å². The first-order chi connectivity index (χ1) is 9.65. The molecule has 0 saturated heterocycles. The minimum atomic E-state index is 0.0388. The summed E-state index contributed by atoms with van der Waals surface area (Å²) in [6.45, 7) is 17.2. The minimum absolute atomic E-state index is 0.0388. The van der Waals surface area contributed by atoms with Crippen LogP contribution in [0.15, 0.2) is 12.1 Å². The summed E-state index contributed by atoms with van der Waals surface area (Å²) in [5.74, 6) is 2.93. The number of hydrogen-bond donors (Lipinski definition) is 2. The zero-order valence-electron chi connectivity index (χ0n) is 14.8. The highest BCUT2D eigenvalue weighted by molar-refractivity contribution is 5.41. The Balaban J connectivity index is 2.92. The standard InChI is InChI=1S/C18H33N3/c1-12(2)15(13(3)4)11-20-17-9-14(10-19)8-16(21-17)18(5,6)7/h8-9,12-13,15H,10-11,19H2,1-7H3,(H,20,21). The van der Waals surface area contributed by atoms with Crippen molar-refractivity contribution in [2.45, 2.75) is 60.4 Å². The third-order valence-electron chi connectivity index (χ3n) is 4.12. The summed E-state index contributed by atoms with van der Waals surface area (Å²) in [6.07, 6.45) is 0. The highest BCUT2D eigenvalue weighted by Crippen LogP contribution is 2.25. The van der Waals surface area contributed by atoms with Crippen LogP contribution in [0.4, 0.5) is 5.82 Å². The molecule has 3 nitrogen and oxygen atoms in total. The number of hydrogen-bond acceptors (Lipinski definition) is 3. The van der Waals surface area contributed by atoms with E-state index in [-0.39, 0.29) is 5.41 Å². The van der Waals surface area contributed by atoms with Gasteiger partial charge < -0.3 is 11.1 Å². The van der Waals surface area contributed by atoms with Crippen LogP contribution in [-0.4, -0.2) is 11.5 Å². The Kier molecular flexibility index (Phi) is 6.21. The quantitative estimate of drug-likeness (QED) is 0.826. The second-order valence-corrected chi connectivity index (χ2v) is 7.73. The third kappa shape index (κ3) is 5.31. The molecule has 0 atom stereocenters. The maximum absolute atomic E-state index is 5.83. The molecule has 0 unspecified atom stereocenters. The predicted molar refractivity (Wildman–Crippen MR) is 92.5 cm³/mol. The van der Waals surface area contributed by atoms with Gasteiger partial charge in [-0.2, -0.15) is 0 Å². The van der Waals surface area contributed by atoms with Gasteiger partial charge in [-0.1, -0.05) is 48.5 Å². The average Bonchev–Trinajstić information content (AvgIpc) is 2.36. The number of nitrogens with zero attached hydrogens (tertiary/aromatic N) is 1. The van der Waals surface area contributed by atoms with Crippen molar-refractivity contribution in [3.8, 4) is 0 Å². The molecule has 0 radical (unpaired) electrons. The zero-order valence-corrected chi connectivity index (χ0v) is 14.8. The number of pyridine rings is 1. The molecule has 0 aliphatic carbocycles. The second kappa shape index (κ2) is 7.26. The summed E-state index contributed by atoms with van der Waals surface area (Å²) in [7, 11) is 0. The Morgan fingerprint density at radius 3 is 2.10 bits per heavy atom. The van der Waals surface area contributed by atoms with Crippen LogP contribution in [0.1, 0.15) is 59.7 Å². The maximum Gasteiger partial charge on any atom is 0.126 e. The van der Waals surface area contributed by atoms with Crippen molar-refractivity contribution < 1.29 is 0 Å². The first-order valence-electron chi connectivity index (χ1n) is 8.10. The van der Waals surface area contributed by atoms with Crippen molar-refractivity contribution in [1.82, 2.24) is 4.98 Å². The fourth-order valence-corrected chi connectivity index (χ4v) is 2.64. The molecule has 1 aromatic rings. The van der Waals surface area contributed by atoms with Gasteiger partial charge in [-0.15, -0.1) is 0 Å². The van der Waals surface area contributed by atoms with E-state index in [1.807, 2.05) is 0 Å². The molecule has 0 amide bonds. The first kappa shape index (κ1) is 18.0. The molecule has 0 fully saturated rings. The van der Waals surface area contributed by atoms with Crippen molar-refractivity contribution in [3.05, 3.63) is 23.4 Å². The van der Waals surface area contributed by atoms with E-state index in [4.69, 9.17) is 10.7 Å². The molecular formula is C18H33N3. The monoisotopic (exact) mass is 291 g/mol. The molecule has 1 rings (SSSR count). The lowest BCUT2D eigenvalue weighted by molar-refractivity contribution is 0.304. The molecule has 3 N–H and O–H groups in total. The van der Waals surface area contributed by atoms with Crippen LogP contribution in [0.5, 0.6) is 0 Å². The second-order valence-electron chi connectivity index (χ2n) is 7.73. The largest absolute Gasteiger partial charge is 0.370 e. The predicted octanol–water partition coefficient (Wildman–Crippen LogP) is 4.18. The summed E-state index contributed by atoms with van der Waals surface area (Å²) in [5, 5.41) is 3.53. The summed E-state index contributed by atoms with van der Waals surface area (Å²) < 4.78 is 0. The van der Waals surface area contributed by atoms with Crippen LogP contribution in [0.25, 0.3) is 0 Å². The van der Waals surface area contributed by atoms with Gasteiger partial charge in [0, 0.05) is 24.2 Å². The Morgan fingerprint density at radius 2 is 1.67 bits per heavy atom. The number of rotatable bonds is 6. The fourth-order valence-electron chi connectivity index (χ4n) is 2.64. The Morgan fingerprint density at radius 1 is 1.10 bits per heavy atom. The van der Waals surface area contributed by atoms with E-state index in [1.165, 1.54) is 0 Å². The molecule has 0 spiro atoms. The van der Waals surface area contributed by atoms with Gasteiger partial charge in [0.1, 0.15) is 5.82 Å². The fraction of sp³-hybridized carbons (Fsp3) is 0.722. The summed E-state index contributed by atoms with van der Waals surface area (Å²) >= 11 is 0. The normalized spacial score (nSPS) is 12.5. The minimum Gasteiger partial charge on any atom is -0.370 e. The zero-order chi connectivity index (χ0) is 16.2. The van der Waals surface area contributed by atoms with E-state index in [2.05, 4.69) is 65.9 Å². The lowest BCUT2D eigenvalue weighted by Crippen LogP contribution is -2.25. The van der Waals surface area contributed by atoms with Crippen LogP contribution in [0.3, 0.4) is 0 Å².